The Morgan fingerprint density at radius 1 is 1.50 bits per heavy atom. The van der Waals surface area contributed by atoms with Crippen molar-refractivity contribution in [3.05, 3.63) is 12.1 Å². The van der Waals surface area contributed by atoms with E-state index in [0.29, 0.717) is 0 Å². The molecule has 0 aliphatic carbocycles. The maximum absolute atomic E-state index is 2.00. The van der Waals surface area contributed by atoms with Crippen LogP contribution in [0.5, 0.6) is 0 Å². The zero-order valence-corrected chi connectivity index (χ0v) is 2.31. The topological polar surface area (TPSA) is 0 Å². The second-order valence-electron chi connectivity index (χ2n) is 0.770. The van der Waals surface area contributed by atoms with E-state index in [9.17, 15) is 0 Å². The van der Waals surface area contributed by atoms with Gasteiger partial charge < -0.3 is 0 Å². The van der Waals surface area contributed by atoms with E-state index in [2.05, 4.69) is 0 Å². The molecule has 1 aliphatic heterocycles. The van der Waals surface area contributed by atoms with Gasteiger partial charge in [0.15, 0.2) is 0 Å². The molecular formula is C3H3B. The molecule has 0 aromatic rings. The molecule has 0 radical (unpaired) electrons. The van der Waals surface area contributed by atoms with Crippen molar-refractivity contribution in [3.63, 3.8) is 0 Å². The van der Waals surface area contributed by atoms with Gasteiger partial charge in [0.2, 0.25) is 0 Å². The molecule has 1 heteroatoms. The summed E-state index contributed by atoms with van der Waals surface area (Å²) in [5.74, 6) is 4.00. The van der Waals surface area contributed by atoms with E-state index in [0.717, 1.165) is 0 Å². The van der Waals surface area contributed by atoms with Crippen LogP contribution in [0.25, 0.3) is 0 Å². The van der Waals surface area contributed by atoms with E-state index < -0.39 is 0 Å². The summed E-state index contributed by atoms with van der Waals surface area (Å²) < 4.78 is 0. The Morgan fingerprint density at radius 2 is 1.75 bits per heavy atom. The molecule has 18 valence electrons. The van der Waals surface area contributed by atoms with E-state index in [1.165, 1.54) is 0 Å². The second-order valence-corrected chi connectivity index (χ2v) is 0.770. The molecule has 0 saturated carbocycles. The van der Waals surface area contributed by atoms with Crippen LogP contribution in [0.1, 0.15) is 0 Å². The fourth-order valence-corrected chi connectivity index (χ4v) is 0.111. The molecule has 0 N–H and O–H groups in total. The SMILES string of the molecule is B1=CC=C1. The van der Waals surface area contributed by atoms with Gasteiger partial charge in [-0.1, -0.05) is 0 Å². The minimum absolute atomic E-state index is 2.00. The molecule has 0 atom stereocenters. The van der Waals surface area contributed by atoms with Crippen molar-refractivity contribution in [1.82, 2.24) is 0 Å². The van der Waals surface area contributed by atoms with Gasteiger partial charge in [0.05, 0.1) is 0 Å². The van der Waals surface area contributed by atoms with Crippen molar-refractivity contribution >= 4 is 12.9 Å². The summed E-state index contributed by atoms with van der Waals surface area (Å²) in [5, 5.41) is 0. The van der Waals surface area contributed by atoms with Crippen molar-refractivity contribution in [2.45, 2.75) is 0 Å². The van der Waals surface area contributed by atoms with Gasteiger partial charge in [0, 0.05) is 0 Å². The van der Waals surface area contributed by atoms with Crippen LogP contribution >= 0.6 is 0 Å². The summed E-state index contributed by atoms with van der Waals surface area (Å²) in [6.07, 6.45) is 2.00. The predicted molar refractivity (Wildman–Crippen MR) is 21.0 cm³/mol. The third-order valence-corrected chi connectivity index (χ3v) is 0.444. The van der Waals surface area contributed by atoms with Crippen molar-refractivity contribution in [2.75, 3.05) is 0 Å². The standard InChI is InChI=1S/C3H3B/c1-2-4-3-1/h1-3H. The molecule has 0 amide bonds. The Bertz CT molecular complexity index is 43.7. The van der Waals surface area contributed by atoms with E-state index in [1.54, 1.807) is 0 Å². The zero-order valence-electron chi connectivity index (χ0n) is 2.31. The molecule has 0 aromatic heterocycles. The Morgan fingerprint density at radius 3 is 1.75 bits per heavy atom. The van der Waals surface area contributed by atoms with Crippen LogP contribution in [0.4, 0.5) is 0 Å². The Kier molecular flexibility index (Phi) is 0.270. The monoisotopic (exact) mass is 50.0 g/mol. The first kappa shape index (κ1) is 1.95. The van der Waals surface area contributed by atoms with Gasteiger partial charge in [-0.3, -0.25) is 0 Å². The van der Waals surface area contributed by atoms with Crippen LogP contribution in [-0.2, 0) is 0 Å². The average molecular weight is 49.9 g/mol. The molecule has 1 aliphatic rings. The van der Waals surface area contributed by atoms with Crippen molar-refractivity contribution in [1.29, 1.82) is 0 Å². The number of allylic oxidation sites excluding steroid dienone is 1. The van der Waals surface area contributed by atoms with Crippen LogP contribution in [0.2, 0.25) is 0 Å². The summed E-state index contributed by atoms with van der Waals surface area (Å²) in [7, 11) is 0. The van der Waals surface area contributed by atoms with Gasteiger partial charge in [0.1, 0.15) is 0 Å². The number of hydrogen-bond donors (Lipinski definition) is 0. The van der Waals surface area contributed by atoms with E-state index in [4.69, 9.17) is 0 Å². The normalized spacial score (nSPS) is 14.0. The molecular weight excluding hydrogens is 46.8 g/mol. The first-order chi connectivity index (χ1) is 2.00. The molecule has 1 heterocycles. The van der Waals surface area contributed by atoms with Crippen molar-refractivity contribution in [3.8, 4) is 0 Å². The summed E-state index contributed by atoms with van der Waals surface area (Å²) >= 11 is 0. The summed E-state index contributed by atoms with van der Waals surface area (Å²) in [6.45, 7) is 2.00. The average Bonchev–Trinajstić information content (AvgIpc) is 0.722. The van der Waals surface area contributed by atoms with Crippen LogP contribution in [0.3, 0.4) is 0 Å². The molecule has 1 rings (SSSR count). The zero-order chi connectivity index (χ0) is 2.83. The second kappa shape index (κ2) is 0.556. The maximum atomic E-state index is 2.00. The Balaban J connectivity index is 2.67. The summed E-state index contributed by atoms with van der Waals surface area (Å²) in [4.78, 5) is 0. The molecule has 0 bridgehead atoms. The third-order valence-electron chi connectivity index (χ3n) is 0.444. The van der Waals surface area contributed by atoms with Crippen LogP contribution in [0, 0.1) is 0 Å². The number of rotatable bonds is 0. The van der Waals surface area contributed by atoms with Gasteiger partial charge in [-0.2, -0.15) is 0 Å². The summed E-state index contributed by atoms with van der Waals surface area (Å²) in [5.41, 5.74) is 0. The minimum atomic E-state index is 2.00. The molecule has 0 saturated heterocycles. The number of hydrogen-bond acceptors (Lipinski definition) is 0. The van der Waals surface area contributed by atoms with Crippen LogP contribution in [0.15, 0.2) is 12.1 Å². The quantitative estimate of drug-likeness (QED) is 0.339. The molecule has 0 nitrogen and oxygen atoms in total. The van der Waals surface area contributed by atoms with Crippen LogP contribution < -0.4 is 0 Å². The molecule has 0 fully saturated rings. The predicted octanol–water partition coefficient (Wildman–Crippen LogP) is 0.0201. The van der Waals surface area contributed by atoms with E-state index >= 15 is 0 Å². The fraction of sp³-hybridized carbons (Fsp3) is 0. The van der Waals surface area contributed by atoms with Crippen molar-refractivity contribution < 1.29 is 0 Å². The third kappa shape index (κ3) is 0.0565. The van der Waals surface area contributed by atoms with Gasteiger partial charge in [-0.25, -0.2) is 0 Å². The van der Waals surface area contributed by atoms with E-state index in [1.807, 2.05) is 24.9 Å². The van der Waals surface area contributed by atoms with E-state index in [-0.39, 0.29) is 0 Å². The molecule has 0 unspecified atom stereocenters. The van der Waals surface area contributed by atoms with Gasteiger partial charge in [0.25, 0.3) is 0 Å². The van der Waals surface area contributed by atoms with Gasteiger partial charge in [-0.15, -0.1) is 0 Å². The Hall–Kier alpha value is -0.325. The molecule has 4 heavy (non-hydrogen) atoms. The Labute approximate surface area is 26.0 Å². The summed E-state index contributed by atoms with van der Waals surface area (Å²) in [6, 6.07) is 0. The van der Waals surface area contributed by atoms with Gasteiger partial charge >= 0.3 is 24.9 Å². The first-order valence-corrected chi connectivity index (χ1v) is 1.33. The molecule has 0 aromatic carbocycles. The van der Waals surface area contributed by atoms with Crippen molar-refractivity contribution in [2.24, 2.45) is 0 Å². The van der Waals surface area contributed by atoms with Crippen LogP contribution in [-0.4, -0.2) is 12.9 Å². The first-order valence-electron chi connectivity index (χ1n) is 1.33. The molecule has 0 spiro atoms. The van der Waals surface area contributed by atoms with Gasteiger partial charge in [-0.05, 0) is 0 Å². The fourth-order valence-electron chi connectivity index (χ4n) is 0.111.